The highest BCUT2D eigenvalue weighted by Crippen LogP contribution is 2.71. The summed E-state index contributed by atoms with van der Waals surface area (Å²) in [5.41, 5.74) is -0.838. The summed E-state index contributed by atoms with van der Waals surface area (Å²) in [4.78, 5) is 52.7. The number of rotatable bonds is 4. The Bertz CT molecular complexity index is 1140. The Hall–Kier alpha value is -2.50. The van der Waals surface area contributed by atoms with Gasteiger partial charge in [-0.3, -0.25) is 19.2 Å². The molecule has 0 aliphatic heterocycles. The second-order valence-electron chi connectivity index (χ2n) is 12.7. The van der Waals surface area contributed by atoms with Crippen molar-refractivity contribution in [3.05, 3.63) is 35.1 Å². The monoisotopic (exact) mass is 496 g/mol. The summed E-state index contributed by atoms with van der Waals surface area (Å²) < 4.78 is 11.4. The first-order valence-electron chi connectivity index (χ1n) is 13.1. The van der Waals surface area contributed by atoms with Gasteiger partial charge in [-0.2, -0.15) is 0 Å². The van der Waals surface area contributed by atoms with E-state index >= 15 is 0 Å². The van der Waals surface area contributed by atoms with Crippen LogP contribution in [0.2, 0.25) is 0 Å². The van der Waals surface area contributed by atoms with Crippen molar-refractivity contribution in [2.75, 3.05) is 0 Å². The molecule has 6 nitrogen and oxygen atoms in total. The van der Waals surface area contributed by atoms with Crippen LogP contribution in [0.25, 0.3) is 0 Å². The quantitative estimate of drug-likeness (QED) is 0.369. The van der Waals surface area contributed by atoms with Gasteiger partial charge < -0.3 is 9.47 Å². The Morgan fingerprint density at radius 2 is 1.64 bits per heavy atom. The lowest BCUT2D eigenvalue weighted by Crippen LogP contribution is -2.56. The molecule has 6 heteroatoms. The third-order valence-corrected chi connectivity index (χ3v) is 10.3. The SMILES string of the molecule is C=CC(C)C1CCC2(C)C3=C(C(=O)CC12C)C1(C)CCC(OC(C)=O)C(C)(C)C1=C(OC(C)=O)C3=O. The molecule has 36 heavy (non-hydrogen) atoms. The number of esters is 2. The third kappa shape index (κ3) is 3.35. The summed E-state index contributed by atoms with van der Waals surface area (Å²) in [5, 5.41) is 0. The highest BCUT2D eigenvalue weighted by Gasteiger charge is 2.67. The maximum absolute atomic E-state index is 14.4. The average Bonchev–Trinajstić information content (AvgIpc) is 3.02. The highest BCUT2D eigenvalue weighted by atomic mass is 16.5. The smallest absolute Gasteiger partial charge is 0.308 e. The lowest BCUT2D eigenvalue weighted by molar-refractivity contribution is -0.155. The van der Waals surface area contributed by atoms with E-state index in [0.29, 0.717) is 36.0 Å². The molecule has 0 aromatic rings. The number of Topliss-reactive ketones (excluding diaryl/α,β-unsaturated/α-hetero) is 2. The molecule has 2 saturated carbocycles. The molecule has 4 aliphatic carbocycles. The first-order valence-corrected chi connectivity index (χ1v) is 13.1. The van der Waals surface area contributed by atoms with E-state index in [4.69, 9.17) is 9.47 Å². The molecule has 0 radical (unpaired) electrons. The zero-order valence-corrected chi connectivity index (χ0v) is 23.0. The fourth-order valence-corrected chi connectivity index (χ4v) is 8.43. The van der Waals surface area contributed by atoms with E-state index in [1.54, 1.807) is 0 Å². The molecule has 6 unspecified atom stereocenters. The zero-order valence-electron chi connectivity index (χ0n) is 23.0. The van der Waals surface area contributed by atoms with Crippen LogP contribution < -0.4 is 0 Å². The van der Waals surface area contributed by atoms with Gasteiger partial charge in [0, 0.05) is 47.7 Å². The topological polar surface area (TPSA) is 86.7 Å². The lowest BCUT2D eigenvalue weighted by atomic mass is 9.45. The average molecular weight is 497 g/mol. The Balaban J connectivity index is 1.98. The van der Waals surface area contributed by atoms with Crippen LogP contribution in [0.5, 0.6) is 0 Å². The van der Waals surface area contributed by atoms with E-state index in [1.807, 2.05) is 26.8 Å². The lowest BCUT2D eigenvalue weighted by Gasteiger charge is -2.58. The summed E-state index contributed by atoms with van der Waals surface area (Å²) in [5.74, 6) is -0.899. The van der Waals surface area contributed by atoms with Crippen molar-refractivity contribution < 1.29 is 28.7 Å². The second kappa shape index (κ2) is 8.26. The normalized spacial score (nSPS) is 38.1. The number of ketones is 2. The number of hydrogen-bond donors (Lipinski definition) is 0. The van der Waals surface area contributed by atoms with Crippen LogP contribution in [0.15, 0.2) is 35.1 Å². The van der Waals surface area contributed by atoms with Crippen LogP contribution in [0, 0.1) is 33.5 Å². The van der Waals surface area contributed by atoms with Crippen molar-refractivity contribution >= 4 is 23.5 Å². The molecular formula is C30H40O6. The van der Waals surface area contributed by atoms with Crippen molar-refractivity contribution in [3.63, 3.8) is 0 Å². The fraction of sp³-hybridized carbons (Fsp3) is 0.667. The van der Waals surface area contributed by atoms with Gasteiger partial charge in [0.25, 0.3) is 0 Å². The summed E-state index contributed by atoms with van der Waals surface area (Å²) >= 11 is 0. The third-order valence-electron chi connectivity index (χ3n) is 10.3. The van der Waals surface area contributed by atoms with Crippen LogP contribution in [0.3, 0.4) is 0 Å². The van der Waals surface area contributed by atoms with E-state index < -0.39 is 39.7 Å². The molecule has 0 bridgehead atoms. The molecule has 4 rings (SSSR count). The number of allylic oxidation sites excluding steroid dienone is 3. The molecule has 0 saturated heterocycles. The van der Waals surface area contributed by atoms with Crippen LogP contribution in [0.4, 0.5) is 0 Å². The van der Waals surface area contributed by atoms with Gasteiger partial charge >= 0.3 is 11.9 Å². The molecule has 0 spiro atoms. The van der Waals surface area contributed by atoms with Gasteiger partial charge in [-0.05, 0) is 48.5 Å². The first-order chi connectivity index (χ1) is 16.6. The van der Waals surface area contributed by atoms with Gasteiger partial charge in [0.15, 0.2) is 11.5 Å². The van der Waals surface area contributed by atoms with Gasteiger partial charge in [0.05, 0.1) is 0 Å². The maximum Gasteiger partial charge on any atom is 0.308 e. The Kier molecular flexibility index (Phi) is 6.09. The Labute approximate surface area is 214 Å². The van der Waals surface area contributed by atoms with Crippen molar-refractivity contribution in [2.45, 2.75) is 93.6 Å². The number of hydrogen-bond acceptors (Lipinski definition) is 6. The zero-order chi connectivity index (χ0) is 27.0. The molecule has 0 heterocycles. The van der Waals surface area contributed by atoms with E-state index in [2.05, 4.69) is 27.4 Å². The highest BCUT2D eigenvalue weighted by molar-refractivity contribution is 6.18. The van der Waals surface area contributed by atoms with E-state index in [-0.39, 0.29) is 29.2 Å². The minimum absolute atomic E-state index is 0.00472. The summed E-state index contributed by atoms with van der Waals surface area (Å²) in [6.45, 7) is 18.9. The van der Waals surface area contributed by atoms with Crippen molar-refractivity contribution in [3.8, 4) is 0 Å². The van der Waals surface area contributed by atoms with E-state index in [1.165, 1.54) is 13.8 Å². The first kappa shape index (κ1) is 26.6. The molecule has 2 fully saturated rings. The molecule has 196 valence electrons. The maximum atomic E-state index is 14.4. The Morgan fingerprint density at radius 1 is 1.00 bits per heavy atom. The van der Waals surface area contributed by atoms with Crippen molar-refractivity contribution in [2.24, 2.45) is 33.5 Å². The number of carbonyl (C=O) groups is 4. The summed E-state index contributed by atoms with van der Waals surface area (Å²) in [6, 6.07) is 0. The largest absolute Gasteiger partial charge is 0.462 e. The second-order valence-corrected chi connectivity index (χ2v) is 12.7. The van der Waals surface area contributed by atoms with Crippen LogP contribution in [-0.4, -0.2) is 29.6 Å². The standard InChI is InChI=1S/C30H40O6/c1-10-16(2)19-11-14-29(8)23-22(20(33)15-30(19,29)9)28(7)13-12-21(35-17(3)31)27(5,6)26(28)25(24(23)34)36-18(4)32/h10,16,19,21H,1,11-15H2,2-9H3. The molecule has 4 aliphatic rings. The van der Waals surface area contributed by atoms with Gasteiger partial charge in [-0.1, -0.05) is 47.6 Å². The van der Waals surface area contributed by atoms with Gasteiger partial charge in [0.2, 0.25) is 5.78 Å². The molecule has 0 amide bonds. The molecule has 0 N–H and O–H groups in total. The van der Waals surface area contributed by atoms with E-state index in [9.17, 15) is 19.2 Å². The van der Waals surface area contributed by atoms with Gasteiger partial charge in [-0.15, -0.1) is 6.58 Å². The van der Waals surface area contributed by atoms with Crippen LogP contribution in [0.1, 0.15) is 87.5 Å². The van der Waals surface area contributed by atoms with Gasteiger partial charge in [-0.25, -0.2) is 0 Å². The summed E-state index contributed by atoms with van der Waals surface area (Å²) in [7, 11) is 0. The fourth-order valence-electron chi connectivity index (χ4n) is 8.43. The minimum Gasteiger partial charge on any atom is -0.462 e. The molecular weight excluding hydrogens is 456 g/mol. The predicted molar refractivity (Wildman–Crippen MR) is 135 cm³/mol. The number of fused-ring (bicyclic) bond motifs is 4. The van der Waals surface area contributed by atoms with E-state index in [0.717, 1.165) is 12.8 Å². The molecule has 6 atom stereocenters. The molecule has 0 aromatic carbocycles. The molecule has 0 aromatic heterocycles. The van der Waals surface area contributed by atoms with Crippen molar-refractivity contribution in [1.29, 1.82) is 0 Å². The van der Waals surface area contributed by atoms with Gasteiger partial charge in [0.1, 0.15) is 6.10 Å². The van der Waals surface area contributed by atoms with Crippen molar-refractivity contribution in [1.82, 2.24) is 0 Å². The van der Waals surface area contributed by atoms with Crippen LogP contribution in [-0.2, 0) is 28.7 Å². The number of carbonyl (C=O) groups excluding carboxylic acids is 4. The predicted octanol–water partition coefficient (Wildman–Crippen LogP) is 5.66. The number of ether oxygens (including phenoxy) is 2. The minimum atomic E-state index is -0.810. The Morgan fingerprint density at radius 3 is 2.19 bits per heavy atom. The van der Waals surface area contributed by atoms with Crippen LogP contribution >= 0.6 is 0 Å². The summed E-state index contributed by atoms with van der Waals surface area (Å²) in [6.07, 6.45) is 4.56.